The molecule has 6 heteroatoms. The molecule has 2 aliphatic heterocycles. The summed E-state index contributed by atoms with van der Waals surface area (Å²) in [4.78, 5) is 23.9. The standard InChI is InChI=1S/C18H20O6/c1-5-9(2)17(21)24-15-12-6-11(10(3)19)13(20)7-14(12)23-16(15)18(4)8-22-18/h5-7,15-16,20H,8H2,1-4H3/b9-5-/t15-,16+,18?/m0/s1. The number of carbonyl (C=O) groups excluding carboxylic acids is 2. The lowest BCUT2D eigenvalue weighted by Gasteiger charge is -2.22. The van der Waals surface area contributed by atoms with Crippen LogP contribution in [0.4, 0.5) is 0 Å². The van der Waals surface area contributed by atoms with Crippen molar-refractivity contribution in [2.45, 2.75) is 45.5 Å². The van der Waals surface area contributed by atoms with E-state index >= 15 is 0 Å². The van der Waals surface area contributed by atoms with Crippen molar-refractivity contribution in [1.82, 2.24) is 0 Å². The van der Waals surface area contributed by atoms with E-state index in [0.29, 0.717) is 23.5 Å². The third kappa shape index (κ3) is 2.67. The van der Waals surface area contributed by atoms with Gasteiger partial charge in [0.2, 0.25) is 0 Å². The Labute approximate surface area is 140 Å². The molecule has 6 nitrogen and oxygen atoms in total. The van der Waals surface area contributed by atoms with Crippen LogP contribution >= 0.6 is 0 Å². The van der Waals surface area contributed by atoms with Gasteiger partial charge < -0.3 is 19.3 Å². The van der Waals surface area contributed by atoms with Crippen LogP contribution in [0, 0.1) is 0 Å². The number of hydrogen-bond acceptors (Lipinski definition) is 6. The summed E-state index contributed by atoms with van der Waals surface area (Å²) in [5, 5.41) is 10.00. The maximum atomic E-state index is 12.2. The van der Waals surface area contributed by atoms with Crippen molar-refractivity contribution in [1.29, 1.82) is 0 Å². The molecular weight excluding hydrogens is 312 g/mol. The summed E-state index contributed by atoms with van der Waals surface area (Å²) < 4.78 is 17.0. The van der Waals surface area contributed by atoms with Gasteiger partial charge in [0.1, 0.15) is 17.1 Å². The highest BCUT2D eigenvalue weighted by atomic mass is 16.6. The fourth-order valence-electron chi connectivity index (χ4n) is 2.73. The number of carbonyl (C=O) groups is 2. The Morgan fingerprint density at radius 3 is 2.58 bits per heavy atom. The van der Waals surface area contributed by atoms with E-state index in [1.807, 2.05) is 6.92 Å². The first-order valence-corrected chi connectivity index (χ1v) is 7.79. The van der Waals surface area contributed by atoms with E-state index < -0.39 is 23.8 Å². The fourth-order valence-corrected chi connectivity index (χ4v) is 2.73. The summed E-state index contributed by atoms with van der Waals surface area (Å²) >= 11 is 0. The molecule has 1 aromatic carbocycles. The number of aromatic hydroxyl groups is 1. The lowest BCUT2D eigenvalue weighted by molar-refractivity contribution is -0.149. The first kappa shape index (κ1) is 16.5. The Balaban J connectivity index is 2.01. The van der Waals surface area contributed by atoms with Crippen molar-refractivity contribution in [3.63, 3.8) is 0 Å². The number of allylic oxidation sites excluding steroid dienone is 1. The van der Waals surface area contributed by atoms with Gasteiger partial charge in [-0.15, -0.1) is 0 Å². The predicted octanol–water partition coefficient (Wildman–Crippen LogP) is 2.70. The van der Waals surface area contributed by atoms with Crippen LogP contribution in [0.25, 0.3) is 0 Å². The highest BCUT2D eigenvalue weighted by Crippen LogP contribution is 2.49. The highest BCUT2D eigenvalue weighted by Gasteiger charge is 2.57. The zero-order valence-electron chi connectivity index (χ0n) is 14.1. The molecule has 0 spiro atoms. The van der Waals surface area contributed by atoms with E-state index in [0.717, 1.165) is 0 Å². The van der Waals surface area contributed by atoms with Crippen molar-refractivity contribution in [3.05, 3.63) is 34.9 Å². The van der Waals surface area contributed by atoms with Crippen LogP contribution in [0.2, 0.25) is 0 Å². The van der Waals surface area contributed by atoms with Crippen LogP contribution in [-0.2, 0) is 14.3 Å². The van der Waals surface area contributed by atoms with E-state index in [9.17, 15) is 14.7 Å². The van der Waals surface area contributed by atoms with Gasteiger partial charge in [-0.25, -0.2) is 4.79 Å². The van der Waals surface area contributed by atoms with Gasteiger partial charge in [-0.3, -0.25) is 4.79 Å². The number of hydrogen-bond donors (Lipinski definition) is 1. The quantitative estimate of drug-likeness (QED) is 0.395. The van der Waals surface area contributed by atoms with Gasteiger partial charge in [0.15, 0.2) is 18.0 Å². The molecule has 0 saturated carbocycles. The molecular formula is C18H20O6. The molecule has 2 heterocycles. The zero-order valence-corrected chi connectivity index (χ0v) is 14.1. The summed E-state index contributed by atoms with van der Waals surface area (Å²) in [6.07, 6.45) is 0.442. The third-order valence-corrected chi connectivity index (χ3v) is 4.53. The molecule has 1 saturated heterocycles. The number of fused-ring (bicyclic) bond motifs is 1. The molecule has 0 bridgehead atoms. The van der Waals surface area contributed by atoms with Gasteiger partial charge >= 0.3 is 5.97 Å². The monoisotopic (exact) mass is 332 g/mol. The van der Waals surface area contributed by atoms with E-state index in [4.69, 9.17) is 14.2 Å². The molecule has 3 rings (SSSR count). The normalized spacial score (nSPS) is 28.1. The Hall–Kier alpha value is -2.34. The van der Waals surface area contributed by atoms with Crippen molar-refractivity contribution < 1.29 is 28.9 Å². The summed E-state index contributed by atoms with van der Waals surface area (Å²) in [6, 6.07) is 2.92. The second-order valence-electron chi connectivity index (χ2n) is 6.40. The van der Waals surface area contributed by atoms with Crippen molar-refractivity contribution in [3.8, 4) is 11.5 Å². The molecule has 3 atom stereocenters. The summed E-state index contributed by atoms with van der Waals surface area (Å²) in [5.74, 6) is -0.485. The van der Waals surface area contributed by atoms with E-state index in [-0.39, 0.29) is 17.1 Å². The lowest BCUT2D eigenvalue weighted by atomic mass is 9.95. The molecule has 0 aliphatic carbocycles. The second-order valence-corrected chi connectivity index (χ2v) is 6.40. The van der Waals surface area contributed by atoms with Gasteiger partial charge in [0, 0.05) is 17.2 Å². The number of benzene rings is 1. The minimum Gasteiger partial charge on any atom is -0.507 e. The number of ether oxygens (including phenoxy) is 3. The largest absolute Gasteiger partial charge is 0.507 e. The van der Waals surface area contributed by atoms with Gasteiger partial charge in [-0.05, 0) is 33.8 Å². The molecule has 24 heavy (non-hydrogen) atoms. The van der Waals surface area contributed by atoms with Crippen LogP contribution in [0.5, 0.6) is 11.5 Å². The molecule has 0 aromatic heterocycles. The lowest BCUT2D eigenvalue weighted by Crippen LogP contribution is -2.36. The number of ketones is 1. The Morgan fingerprint density at radius 2 is 2.04 bits per heavy atom. The molecule has 0 radical (unpaired) electrons. The van der Waals surface area contributed by atoms with Crippen molar-refractivity contribution in [2.24, 2.45) is 0 Å². The average molecular weight is 332 g/mol. The Kier molecular flexibility index (Phi) is 3.87. The van der Waals surface area contributed by atoms with Crippen LogP contribution in [0.3, 0.4) is 0 Å². The van der Waals surface area contributed by atoms with Gasteiger partial charge in [0.05, 0.1) is 12.2 Å². The van der Waals surface area contributed by atoms with Crippen LogP contribution < -0.4 is 4.74 Å². The van der Waals surface area contributed by atoms with E-state index in [1.165, 1.54) is 19.1 Å². The predicted molar refractivity (Wildman–Crippen MR) is 85.1 cm³/mol. The van der Waals surface area contributed by atoms with Gasteiger partial charge in [-0.1, -0.05) is 6.08 Å². The van der Waals surface area contributed by atoms with Gasteiger partial charge in [0.25, 0.3) is 0 Å². The number of rotatable bonds is 4. The SMILES string of the molecule is C/C=C(/C)C(=O)O[C@H]1c2cc(C(C)=O)c(O)cc2O[C@H]1C1(C)CO1. The average Bonchev–Trinajstić information content (AvgIpc) is 3.18. The molecule has 1 unspecified atom stereocenters. The first-order chi connectivity index (χ1) is 11.3. The smallest absolute Gasteiger partial charge is 0.334 e. The van der Waals surface area contributed by atoms with Crippen LogP contribution in [0.15, 0.2) is 23.8 Å². The van der Waals surface area contributed by atoms with Crippen LogP contribution in [0.1, 0.15) is 49.7 Å². The summed E-state index contributed by atoms with van der Waals surface area (Å²) in [7, 11) is 0. The minimum atomic E-state index is -0.700. The zero-order chi connectivity index (χ0) is 17.6. The number of epoxide rings is 1. The molecule has 1 fully saturated rings. The fraction of sp³-hybridized carbons (Fsp3) is 0.444. The van der Waals surface area contributed by atoms with E-state index in [1.54, 1.807) is 19.9 Å². The third-order valence-electron chi connectivity index (χ3n) is 4.53. The molecule has 128 valence electrons. The first-order valence-electron chi connectivity index (χ1n) is 7.79. The molecule has 0 amide bonds. The Bertz CT molecular complexity index is 744. The minimum absolute atomic E-state index is 0.154. The number of phenolic OH excluding ortho intramolecular Hbond substituents is 1. The van der Waals surface area contributed by atoms with Crippen molar-refractivity contribution in [2.75, 3.05) is 6.61 Å². The number of esters is 1. The van der Waals surface area contributed by atoms with Gasteiger partial charge in [-0.2, -0.15) is 0 Å². The van der Waals surface area contributed by atoms with Crippen LogP contribution in [-0.4, -0.2) is 35.2 Å². The molecule has 1 aromatic rings. The Morgan fingerprint density at radius 1 is 1.38 bits per heavy atom. The molecule has 2 aliphatic rings. The van der Waals surface area contributed by atoms with Crippen molar-refractivity contribution >= 4 is 11.8 Å². The molecule has 1 N–H and O–H groups in total. The topological polar surface area (TPSA) is 85.4 Å². The maximum Gasteiger partial charge on any atom is 0.334 e. The number of phenols is 1. The highest BCUT2D eigenvalue weighted by molar-refractivity contribution is 5.97. The van der Waals surface area contributed by atoms with E-state index in [2.05, 4.69) is 0 Å². The summed E-state index contributed by atoms with van der Waals surface area (Å²) in [6.45, 7) is 7.16. The number of Topliss-reactive ketones (excluding diaryl/α,β-unsaturated/α-hetero) is 1. The second kappa shape index (κ2) is 5.63. The summed E-state index contributed by atoms with van der Waals surface area (Å²) in [5.41, 5.74) is 0.662. The maximum absolute atomic E-state index is 12.2.